The Kier molecular flexibility index (Phi) is 10.9. The number of hydrogen-bond acceptors (Lipinski definition) is 4. The van der Waals surface area contributed by atoms with Gasteiger partial charge >= 0.3 is 0 Å². The Labute approximate surface area is 144 Å². The molecule has 1 heterocycles. The van der Waals surface area contributed by atoms with Crippen LogP contribution in [0.5, 0.6) is 0 Å². The molecule has 0 aliphatic heterocycles. The van der Waals surface area contributed by atoms with Crippen LogP contribution in [0.2, 0.25) is 0 Å². The lowest BCUT2D eigenvalue weighted by molar-refractivity contribution is -0.126. The summed E-state index contributed by atoms with van der Waals surface area (Å²) in [5.74, 6) is -0.432. The third-order valence-electron chi connectivity index (χ3n) is 3.54. The molecule has 132 valence electrons. The molecule has 1 rings (SSSR count). The number of carbonyl (C=O) groups is 2. The van der Waals surface area contributed by atoms with Crippen LogP contribution in [0, 0.1) is 0 Å². The van der Waals surface area contributed by atoms with E-state index in [0.29, 0.717) is 6.42 Å². The lowest BCUT2D eigenvalue weighted by Gasteiger charge is -2.04. The van der Waals surface area contributed by atoms with Gasteiger partial charge in [-0.05, 0) is 12.5 Å². The third kappa shape index (κ3) is 10.5. The minimum Gasteiger partial charge on any atom is -0.347 e. The predicted molar refractivity (Wildman–Crippen MR) is 95.6 cm³/mol. The monoisotopic (exact) mass is 332 g/mol. The van der Waals surface area contributed by atoms with Gasteiger partial charge in [0.25, 0.3) is 5.91 Å². The Hall–Kier alpha value is -2.24. The Balaban J connectivity index is 2.03. The molecule has 2 N–H and O–H groups in total. The van der Waals surface area contributed by atoms with Crippen LogP contribution in [0.4, 0.5) is 0 Å². The van der Waals surface area contributed by atoms with Gasteiger partial charge in [-0.15, -0.1) is 0 Å². The van der Waals surface area contributed by atoms with Crippen molar-refractivity contribution in [2.24, 2.45) is 5.10 Å². The van der Waals surface area contributed by atoms with E-state index in [4.69, 9.17) is 0 Å². The van der Waals surface area contributed by atoms with E-state index >= 15 is 0 Å². The summed E-state index contributed by atoms with van der Waals surface area (Å²) in [5.41, 5.74) is 3.16. The lowest BCUT2D eigenvalue weighted by Crippen LogP contribution is -2.34. The molecule has 0 saturated heterocycles. The van der Waals surface area contributed by atoms with E-state index in [1.165, 1.54) is 38.3 Å². The van der Waals surface area contributed by atoms with Crippen molar-refractivity contribution < 1.29 is 9.59 Å². The standard InChI is InChI=1S/C18H28N4O2/c1-2-3-4-5-6-7-8-11-17(23)20-15-18(24)22-21-14-16-10-9-12-19-13-16/h9-10,12-14H,2-8,11,15H2,1H3,(H,20,23)(H,22,24)/b21-14-. The summed E-state index contributed by atoms with van der Waals surface area (Å²) in [6, 6.07) is 3.61. The van der Waals surface area contributed by atoms with Crippen LogP contribution in [-0.2, 0) is 9.59 Å². The molecule has 0 unspecified atom stereocenters. The Morgan fingerprint density at radius 3 is 2.58 bits per heavy atom. The predicted octanol–water partition coefficient (Wildman–Crippen LogP) is 2.79. The maximum atomic E-state index is 11.6. The molecular formula is C18H28N4O2. The van der Waals surface area contributed by atoms with Gasteiger partial charge in [0, 0.05) is 24.4 Å². The summed E-state index contributed by atoms with van der Waals surface area (Å²) in [6.45, 7) is 2.14. The lowest BCUT2D eigenvalue weighted by atomic mass is 10.1. The highest BCUT2D eigenvalue weighted by atomic mass is 16.2. The fraction of sp³-hybridized carbons (Fsp3) is 0.556. The number of unbranched alkanes of at least 4 members (excludes halogenated alkanes) is 6. The van der Waals surface area contributed by atoms with E-state index in [2.05, 4.69) is 27.8 Å². The van der Waals surface area contributed by atoms with Crippen LogP contribution in [0.3, 0.4) is 0 Å². The largest absolute Gasteiger partial charge is 0.347 e. The number of aromatic nitrogens is 1. The summed E-state index contributed by atoms with van der Waals surface area (Å²) in [4.78, 5) is 27.1. The number of nitrogens with zero attached hydrogens (tertiary/aromatic N) is 2. The summed E-state index contributed by atoms with van der Waals surface area (Å²) in [5, 5.41) is 6.42. The first-order valence-corrected chi connectivity index (χ1v) is 8.71. The quantitative estimate of drug-likeness (QED) is 0.351. The van der Waals surface area contributed by atoms with Crippen LogP contribution in [0.15, 0.2) is 29.6 Å². The maximum Gasteiger partial charge on any atom is 0.259 e. The topological polar surface area (TPSA) is 83.5 Å². The molecular weight excluding hydrogens is 304 g/mol. The number of amides is 2. The second-order valence-corrected chi connectivity index (χ2v) is 5.73. The van der Waals surface area contributed by atoms with Crippen LogP contribution >= 0.6 is 0 Å². The molecule has 6 heteroatoms. The number of carbonyl (C=O) groups excluding carboxylic acids is 2. The fourth-order valence-electron chi connectivity index (χ4n) is 2.18. The molecule has 0 fully saturated rings. The molecule has 0 atom stereocenters. The SMILES string of the molecule is CCCCCCCCCC(=O)NCC(=O)N/N=C\c1cccnc1. The molecule has 1 aromatic rings. The molecule has 1 aromatic heterocycles. The van der Waals surface area contributed by atoms with Crippen LogP contribution in [-0.4, -0.2) is 29.6 Å². The van der Waals surface area contributed by atoms with E-state index in [1.54, 1.807) is 18.5 Å². The van der Waals surface area contributed by atoms with Crippen molar-refractivity contribution in [1.82, 2.24) is 15.7 Å². The van der Waals surface area contributed by atoms with Gasteiger partial charge < -0.3 is 5.32 Å². The highest BCUT2D eigenvalue weighted by Gasteiger charge is 2.04. The molecule has 0 aliphatic rings. The Morgan fingerprint density at radius 2 is 1.88 bits per heavy atom. The minimum atomic E-state index is -0.344. The number of hydrazone groups is 1. The van der Waals surface area contributed by atoms with Gasteiger partial charge in [0.05, 0.1) is 12.8 Å². The van der Waals surface area contributed by atoms with Crippen LogP contribution in [0.1, 0.15) is 63.9 Å². The van der Waals surface area contributed by atoms with Gasteiger partial charge in [0.2, 0.25) is 5.91 Å². The molecule has 0 saturated carbocycles. The van der Waals surface area contributed by atoms with Gasteiger partial charge in [-0.25, -0.2) is 5.43 Å². The highest BCUT2D eigenvalue weighted by molar-refractivity contribution is 5.86. The molecule has 0 spiro atoms. The first-order valence-electron chi connectivity index (χ1n) is 8.71. The van der Waals surface area contributed by atoms with Crippen molar-refractivity contribution in [3.8, 4) is 0 Å². The van der Waals surface area contributed by atoms with Crippen molar-refractivity contribution in [3.05, 3.63) is 30.1 Å². The van der Waals surface area contributed by atoms with Gasteiger partial charge in [-0.3, -0.25) is 14.6 Å². The molecule has 0 bridgehead atoms. The smallest absolute Gasteiger partial charge is 0.259 e. The average molecular weight is 332 g/mol. The molecule has 0 aromatic carbocycles. The van der Waals surface area contributed by atoms with E-state index in [-0.39, 0.29) is 18.4 Å². The Morgan fingerprint density at radius 1 is 1.12 bits per heavy atom. The van der Waals surface area contributed by atoms with Crippen molar-refractivity contribution >= 4 is 18.0 Å². The van der Waals surface area contributed by atoms with Crippen molar-refractivity contribution in [2.75, 3.05) is 6.54 Å². The first kappa shape index (κ1) is 19.8. The highest BCUT2D eigenvalue weighted by Crippen LogP contribution is 2.08. The van der Waals surface area contributed by atoms with E-state index in [1.807, 2.05) is 6.07 Å². The summed E-state index contributed by atoms with van der Waals surface area (Å²) in [7, 11) is 0. The molecule has 2 amide bonds. The number of nitrogens with one attached hydrogen (secondary N) is 2. The zero-order valence-corrected chi connectivity index (χ0v) is 14.5. The van der Waals surface area contributed by atoms with Crippen molar-refractivity contribution in [1.29, 1.82) is 0 Å². The molecule has 24 heavy (non-hydrogen) atoms. The normalized spacial score (nSPS) is 10.7. The first-order chi connectivity index (χ1) is 11.7. The summed E-state index contributed by atoms with van der Waals surface area (Å²) in [6.07, 6.45) is 13.5. The van der Waals surface area contributed by atoms with Crippen molar-refractivity contribution in [3.63, 3.8) is 0 Å². The van der Waals surface area contributed by atoms with E-state index in [0.717, 1.165) is 18.4 Å². The third-order valence-corrected chi connectivity index (χ3v) is 3.54. The van der Waals surface area contributed by atoms with Crippen LogP contribution in [0.25, 0.3) is 0 Å². The van der Waals surface area contributed by atoms with Crippen molar-refractivity contribution in [2.45, 2.75) is 58.3 Å². The zero-order valence-electron chi connectivity index (χ0n) is 14.5. The number of rotatable bonds is 12. The average Bonchev–Trinajstić information content (AvgIpc) is 2.60. The molecule has 0 aliphatic carbocycles. The van der Waals surface area contributed by atoms with Gasteiger partial charge in [0.1, 0.15) is 0 Å². The van der Waals surface area contributed by atoms with E-state index < -0.39 is 0 Å². The van der Waals surface area contributed by atoms with Crippen LogP contribution < -0.4 is 10.7 Å². The van der Waals surface area contributed by atoms with Gasteiger partial charge in [-0.1, -0.05) is 51.5 Å². The fourth-order valence-corrected chi connectivity index (χ4v) is 2.18. The maximum absolute atomic E-state index is 11.6. The van der Waals surface area contributed by atoms with E-state index in [9.17, 15) is 9.59 Å². The minimum absolute atomic E-state index is 0.0558. The summed E-state index contributed by atoms with van der Waals surface area (Å²) >= 11 is 0. The molecule has 6 nitrogen and oxygen atoms in total. The number of pyridine rings is 1. The second-order valence-electron chi connectivity index (χ2n) is 5.73. The zero-order chi connectivity index (χ0) is 17.5. The van der Waals surface area contributed by atoms with Gasteiger partial charge in [0.15, 0.2) is 0 Å². The Bertz CT molecular complexity index is 503. The number of hydrogen-bond donors (Lipinski definition) is 2. The second kappa shape index (κ2) is 13.2. The molecule has 0 radical (unpaired) electrons. The summed E-state index contributed by atoms with van der Waals surface area (Å²) < 4.78 is 0. The van der Waals surface area contributed by atoms with Gasteiger partial charge in [-0.2, -0.15) is 5.10 Å².